The maximum absolute atomic E-state index is 11.1. The number of carbonyl (C=O) groups excluding carboxylic acids is 1. The number of rotatable bonds is 1. The van der Waals surface area contributed by atoms with Gasteiger partial charge in [-0.1, -0.05) is 6.58 Å². The molecule has 3 aliphatic rings. The van der Waals surface area contributed by atoms with Crippen LogP contribution in [0.15, 0.2) is 12.7 Å². The molecule has 0 aromatic heterocycles. The van der Waals surface area contributed by atoms with Crippen LogP contribution in [0.5, 0.6) is 0 Å². The molecule has 0 aromatic carbocycles. The summed E-state index contributed by atoms with van der Waals surface area (Å²) in [6.45, 7) is 5.19. The minimum atomic E-state index is -5.84. The van der Waals surface area contributed by atoms with Crippen molar-refractivity contribution in [3.8, 4) is 0 Å². The summed E-state index contributed by atoms with van der Waals surface area (Å²) in [5.41, 5.74) is -5.53. The fourth-order valence-electron chi connectivity index (χ4n) is 1.82. The van der Waals surface area contributed by atoms with E-state index in [2.05, 4.69) is 11.9 Å². The zero-order valence-corrected chi connectivity index (χ0v) is 10.5. The van der Waals surface area contributed by atoms with E-state index in [0.29, 0.717) is 12.1 Å². The summed E-state index contributed by atoms with van der Waals surface area (Å²) in [7, 11) is -5.84. The molecule has 3 aliphatic heterocycles. The molecule has 0 aliphatic carbocycles. The highest BCUT2D eigenvalue weighted by Gasteiger charge is 2.44. The van der Waals surface area contributed by atoms with Crippen LogP contribution in [0.3, 0.4) is 0 Å². The van der Waals surface area contributed by atoms with Crippen molar-refractivity contribution in [3.63, 3.8) is 0 Å². The number of piperidine rings is 1. The summed E-state index contributed by atoms with van der Waals surface area (Å²) < 4.78 is 57.5. The molecule has 6 nitrogen and oxygen atoms in total. The predicted molar refractivity (Wildman–Crippen MR) is 59.7 cm³/mol. The van der Waals surface area contributed by atoms with Crippen molar-refractivity contribution in [1.82, 2.24) is 10.2 Å². The molecule has 0 unspecified atom stereocenters. The highest BCUT2D eigenvalue weighted by molar-refractivity contribution is 7.86. The number of carbonyl (C=O) groups is 1. The van der Waals surface area contributed by atoms with Gasteiger partial charge in [-0.3, -0.25) is 9.35 Å². The van der Waals surface area contributed by atoms with E-state index >= 15 is 0 Å². The molecule has 110 valence electrons. The lowest BCUT2D eigenvalue weighted by Crippen LogP contribution is -2.67. The Balaban J connectivity index is 0.000000203. The molecular formula is C9H13F3N2O4S. The van der Waals surface area contributed by atoms with Crippen molar-refractivity contribution in [2.24, 2.45) is 0 Å². The van der Waals surface area contributed by atoms with E-state index in [-0.39, 0.29) is 5.91 Å². The second-order valence-corrected chi connectivity index (χ2v) is 5.58. The van der Waals surface area contributed by atoms with Gasteiger partial charge in [0.2, 0.25) is 5.91 Å². The van der Waals surface area contributed by atoms with E-state index in [4.69, 9.17) is 13.0 Å². The Labute approximate surface area is 108 Å². The number of halogens is 3. The molecule has 3 saturated heterocycles. The Morgan fingerprint density at radius 3 is 2.00 bits per heavy atom. The summed E-state index contributed by atoms with van der Waals surface area (Å²) in [5, 5.41) is 3.36. The number of nitrogens with one attached hydrogen (secondary N) is 1. The molecule has 10 heteroatoms. The molecule has 0 saturated carbocycles. The molecule has 1 amide bonds. The van der Waals surface area contributed by atoms with Gasteiger partial charge in [-0.25, -0.2) is 0 Å². The normalized spacial score (nSPS) is 25.8. The lowest BCUT2D eigenvalue weighted by molar-refractivity contribution is -0.129. The Kier molecular flexibility index (Phi) is 4.59. The first kappa shape index (κ1) is 15.9. The van der Waals surface area contributed by atoms with E-state index in [1.165, 1.54) is 12.5 Å². The molecule has 3 heterocycles. The van der Waals surface area contributed by atoms with E-state index in [1.54, 1.807) is 0 Å². The first-order valence-electron chi connectivity index (χ1n) is 5.25. The second-order valence-electron chi connectivity index (χ2n) is 4.16. The highest BCUT2D eigenvalue weighted by atomic mass is 32.2. The Bertz CT molecular complexity index is 447. The third kappa shape index (κ3) is 4.18. The molecule has 2 bridgehead atoms. The van der Waals surface area contributed by atoms with Gasteiger partial charge in [-0.05, 0) is 12.5 Å². The molecule has 3 fully saturated rings. The van der Waals surface area contributed by atoms with Crippen molar-refractivity contribution in [2.45, 2.75) is 24.0 Å². The number of fused-ring (bicyclic) bond motifs is 2. The number of hydrogen-bond donors (Lipinski definition) is 2. The van der Waals surface area contributed by atoms with Crippen LogP contribution in [0.1, 0.15) is 6.42 Å². The van der Waals surface area contributed by atoms with Crippen LogP contribution in [0, 0.1) is 0 Å². The number of hydrogen-bond acceptors (Lipinski definition) is 4. The van der Waals surface area contributed by atoms with Crippen LogP contribution in [0.25, 0.3) is 0 Å². The number of piperazine rings is 1. The summed E-state index contributed by atoms with van der Waals surface area (Å²) in [6, 6.07) is 1.11. The highest BCUT2D eigenvalue weighted by Crippen LogP contribution is 2.21. The van der Waals surface area contributed by atoms with E-state index in [9.17, 15) is 18.0 Å². The van der Waals surface area contributed by atoms with E-state index < -0.39 is 15.6 Å². The molecule has 0 aromatic rings. The topological polar surface area (TPSA) is 86.7 Å². The monoisotopic (exact) mass is 302 g/mol. The van der Waals surface area contributed by atoms with Gasteiger partial charge in [0.25, 0.3) is 0 Å². The fourth-order valence-corrected chi connectivity index (χ4v) is 1.82. The van der Waals surface area contributed by atoms with Crippen LogP contribution in [-0.2, 0) is 14.9 Å². The lowest BCUT2D eigenvalue weighted by atomic mass is 9.91. The van der Waals surface area contributed by atoms with Crippen LogP contribution in [0.4, 0.5) is 13.2 Å². The summed E-state index contributed by atoms with van der Waals surface area (Å²) in [6.07, 6.45) is 2.63. The lowest BCUT2D eigenvalue weighted by Gasteiger charge is -2.48. The minimum absolute atomic E-state index is 0.0706. The van der Waals surface area contributed by atoms with E-state index in [1.807, 2.05) is 4.90 Å². The van der Waals surface area contributed by atoms with Crippen LogP contribution in [-0.4, -0.2) is 54.5 Å². The number of alkyl halides is 3. The zero-order chi connectivity index (χ0) is 14.8. The zero-order valence-electron chi connectivity index (χ0n) is 9.72. The van der Waals surface area contributed by atoms with Gasteiger partial charge >= 0.3 is 15.6 Å². The second kappa shape index (κ2) is 5.47. The quantitative estimate of drug-likeness (QED) is 0.409. The Morgan fingerprint density at radius 2 is 1.74 bits per heavy atom. The van der Waals surface area contributed by atoms with Crippen molar-refractivity contribution in [2.75, 3.05) is 13.1 Å². The van der Waals surface area contributed by atoms with Gasteiger partial charge < -0.3 is 10.2 Å². The molecule has 0 spiro atoms. The van der Waals surface area contributed by atoms with Crippen LogP contribution < -0.4 is 5.32 Å². The average Bonchev–Trinajstić information content (AvgIpc) is 2.25. The maximum atomic E-state index is 11.1. The SMILES string of the molecule is C=CC(=O)N1C[C@H]2C[C@@H](C1)N2.O=S(=O)(O)C(F)(F)F. The van der Waals surface area contributed by atoms with Crippen molar-refractivity contribution in [3.05, 3.63) is 12.7 Å². The maximum Gasteiger partial charge on any atom is 0.522 e. The summed E-state index contributed by atoms with van der Waals surface area (Å²) in [4.78, 5) is 13.0. The van der Waals surface area contributed by atoms with E-state index in [0.717, 1.165) is 13.1 Å². The van der Waals surface area contributed by atoms with Gasteiger partial charge in [0.15, 0.2) is 0 Å². The van der Waals surface area contributed by atoms with Crippen molar-refractivity contribution < 1.29 is 30.9 Å². The van der Waals surface area contributed by atoms with Crippen molar-refractivity contribution in [1.29, 1.82) is 0 Å². The van der Waals surface area contributed by atoms with Gasteiger partial charge in [-0.2, -0.15) is 21.6 Å². The summed E-state index contributed by atoms with van der Waals surface area (Å²) >= 11 is 0. The molecule has 3 rings (SSSR count). The molecule has 19 heavy (non-hydrogen) atoms. The Morgan fingerprint density at radius 1 is 1.37 bits per heavy atom. The summed E-state index contributed by atoms with van der Waals surface area (Å²) in [5.74, 6) is 0.0706. The standard InChI is InChI=1S/C8H12N2O.CHF3O3S/c1-2-8(11)10-4-6-3-7(5-10)9-6;2-1(3,4)8(5,6)7/h2,6-7,9H,1,3-5H2;(H,5,6,7)/t6-,7+;. The Hall–Kier alpha value is -1.13. The minimum Gasteiger partial charge on any atom is -0.336 e. The molecule has 2 atom stereocenters. The third-order valence-electron chi connectivity index (χ3n) is 2.70. The third-order valence-corrected chi connectivity index (χ3v) is 3.29. The van der Waals surface area contributed by atoms with Gasteiger partial charge in [0.1, 0.15) is 0 Å². The fraction of sp³-hybridized carbons (Fsp3) is 0.667. The first-order valence-corrected chi connectivity index (χ1v) is 6.69. The van der Waals surface area contributed by atoms with Gasteiger partial charge in [0.05, 0.1) is 0 Å². The number of amides is 1. The largest absolute Gasteiger partial charge is 0.522 e. The smallest absolute Gasteiger partial charge is 0.336 e. The van der Waals surface area contributed by atoms with Gasteiger partial charge in [-0.15, -0.1) is 0 Å². The molecule has 0 radical (unpaired) electrons. The van der Waals surface area contributed by atoms with Gasteiger partial charge in [0, 0.05) is 25.2 Å². The first-order chi connectivity index (χ1) is 8.54. The van der Waals surface area contributed by atoms with Crippen LogP contribution in [0.2, 0.25) is 0 Å². The molecular weight excluding hydrogens is 289 g/mol. The number of nitrogens with zero attached hydrogens (tertiary/aromatic N) is 1. The predicted octanol–water partition coefficient (Wildman–Crippen LogP) is 0.139. The average molecular weight is 302 g/mol. The molecule has 2 N–H and O–H groups in total. The van der Waals surface area contributed by atoms with Crippen molar-refractivity contribution >= 4 is 16.0 Å². The van der Waals surface area contributed by atoms with Crippen LogP contribution >= 0.6 is 0 Å².